The molecule has 12 heavy (non-hydrogen) atoms. The fourth-order valence-corrected chi connectivity index (χ4v) is 2.05. The number of halogens is 1. The highest BCUT2D eigenvalue weighted by Crippen LogP contribution is 2.23. The highest BCUT2D eigenvalue weighted by atomic mass is 79.9. The topological polar surface area (TPSA) is 12.9 Å². The average Bonchev–Trinajstić information content (AvgIpc) is 2.05. The molecule has 0 unspecified atom stereocenters. The lowest BCUT2D eigenvalue weighted by atomic mass is 10.4. The summed E-state index contributed by atoms with van der Waals surface area (Å²) in [6.45, 7) is 2.09. The van der Waals surface area contributed by atoms with E-state index in [9.17, 15) is 0 Å². The first-order valence-corrected chi connectivity index (χ1v) is 5.30. The van der Waals surface area contributed by atoms with Gasteiger partial charge in [-0.15, -0.1) is 18.2 Å². The lowest BCUT2D eigenvalue weighted by Crippen LogP contribution is -1.86. The lowest BCUT2D eigenvalue weighted by molar-refractivity contribution is 1.18. The van der Waals surface area contributed by atoms with Gasteiger partial charge in [0.05, 0.1) is 0 Å². The monoisotopic (exact) mass is 241 g/mol. The van der Waals surface area contributed by atoms with Crippen molar-refractivity contribution in [3.63, 3.8) is 0 Å². The molecule has 0 fully saturated rings. The molecule has 0 aliphatic heterocycles. The Bertz CT molecular complexity index is 317. The van der Waals surface area contributed by atoms with E-state index in [4.69, 9.17) is 6.42 Å². The summed E-state index contributed by atoms with van der Waals surface area (Å²) in [6, 6.07) is 2.00. The van der Waals surface area contributed by atoms with Crippen molar-refractivity contribution in [3.05, 3.63) is 22.4 Å². The van der Waals surface area contributed by atoms with Crippen molar-refractivity contribution in [1.29, 1.82) is 0 Å². The largest absolute Gasteiger partial charge is 0.245 e. The normalized spacial score (nSPS) is 9.42. The van der Waals surface area contributed by atoms with Crippen LogP contribution in [-0.4, -0.2) is 10.7 Å². The second-order valence-electron chi connectivity index (χ2n) is 2.08. The van der Waals surface area contributed by atoms with Crippen LogP contribution >= 0.6 is 27.7 Å². The van der Waals surface area contributed by atoms with Crippen molar-refractivity contribution in [2.45, 2.75) is 11.8 Å². The van der Waals surface area contributed by atoms with E-state index in [1.165, 1.54) is 0 Å². The van der Waals surface area contributed by atoms with Crippen LogP contribution in [0.15, 0.2) is 21.6 Å². The Morgan fingerprint density at radius 2 is 2.50 bits per heavy atom. The van der Waals surface area contributed by atoms with Gasteiger partial charge in [0.1, 0.15) is 5.69 Å². The molecule has 0 aliphatic carbocycles. The van der Waals surface area contributed by atoms with Crippen LogP contribution in [0.1, 0.15) is 12.6 Å². The van der Waals surface area contributed by atoms with Crippen LogP contribution in [0.4, 0.5) is 0 Å². The maximum absolute atomic E-state index is 5.29. The molecule has 0 atom stereocenters. The van der Waals surface area contributed by atoms with E-state index in [1.54, 1.807) is 18.0 Å². The third-order valence-corrected chi connectivity index (χ3v) is 2.60. The summed E-state index contributed by atoms with van der Waals surface area (Å²) in [5.74, 6) is 3.56. The summed E-state index contributed by atoms with van der Waals surface area (Å²) in [7, 11) is 0. The van der Waals surface area contributed by atoms with E-state index in [2.05, 4.69) is 33.8 Å². The molecule has 0 aromatic carbocycles. The van der Waals surface area contributed by atoms with Gasteiger partial charge < -0.3 is 0 Å². The first-order valence-electron chi connectivity index (χ1n) is 3.53. The number of aromatic nitrogens is 1. The molecule has 1 rings (SSSR count). The Morgan fingerprint density at radius 1 is 1.75 bits per heavy atom. The molecule has 0 N–H and O–H groups in total. The Balaban J connectivity index is 3.06. The fraction of sp³-hybridized carbons (Fsp3) is 0.222. The highest BCUT2D eigenvalue weighted by molar-refractivity contribution is 9.10. The van der Waals surface area contributed by atoms with E-state index in [-0.39, 0.29) is 0 Å². The molecular weight excluding hydrogens is 234 g/mol. The number of terminal acetylenes is 1. The lowest BCUT2D eigenvalue weighted by Gasteiger charge is -2.01. The van der Waals surface area contributed by atoms with Crippen LogP contribution < -0.4 is 0 Å². The van der Waals surface area contributed by atoms with E-state index >= 15 is 0 Å². The molecule has 3 heteroatoms. The fourth-order valence-electron chi connectivity index (χ4n) is 0.795. The molecule has 0 aliphatic rings. The van der Waals surface area contributed by atoms with E-state index in [0.29, 0.717) is 0 Å². The van der Waals surface area contributed by atoms with Crippen molar-refractivity contribution >= 4 is 27.7 Å². The maximum atomic E-state index is 5.29. The number of thioether (sulfide) groups is 1. The van der Waals surface area contributed by atoms with Gasteiger partial charge in [-0.1, -0.05) is 6.92 Å². The molecule has 1 nitrogen and oxygen atoms in total. The average molecular weight is 242 g/mol. The summed E-state index contributed by atoms with van der Waals surface area (Å²) in [4.78, 5) is 5.18. The second kappa shape index (κ2) is 4.54. The summed E-state index contributed by atoms with van der Waals surface area (Å²) in [5.41, 5.74) is 0.727. The van der Waals surface area contributed by atoms with E-state index in [1.807, 2.05) is 6.07 Å². The zero-order chi connectivity index (χ0) is 8.97. The number of hydrogen-bond acceptors (Lipinski definition) is 2. The zero-order valence-electron chi connectivity index (χ0n) is 6.67. The molecule has 1 heterocycles. The van der Waals surface area contributed by atoms with Crippen LogP contribution in [0.3, 0.4) is 0 Å². The summed E-state index contributed by atoms with van der Waals surface area (Å²) in [6.07, 6.45) is 7.01. The third kappa shape index (κ3) is 2.26. The zero-order valence-corrected chi connectivity index (χ0v) is 9.08. The Hall–Kier alpha value is -0.460. The molecule has 1 aromatic heterocycles. The standard InChI is InChI=1S/C9H8BrNS/c1-3-8-9(12-4-2)5-7(10)6-11-8/h1,5-6H,4H2,2H3. The number of hydrogen-bond donors (Lipinski definition) is 0. The minimum absolute atomic E-state index is 0.727. The SMILES string of the molecule is C#Cc1ncc(Br)cc1SCC. The van der Waals surface area contributed by atoms with Crippen LogP contribution in [0.25, 0.3) is 0 Å². The van der Waals surface area contributed by atoms with Crippen LogP contribution in [0.5, 0.6) is 0 Å². The Morgan fingerprint density at radius 3 is 3.08 bits per heavy atom. The van der Waals surface area contributed by atoms with E-state index in [0.717, 1.165) is 20.8 Å². The molecule has 0 spiro atoms. The molecule has 0 radical (unpaired) electrons. The van der Waals surface area contributed by atoms with Crippen molar-refractivity contribution < 1.29 is 0 Å². The van der Waals surface area contributed by atoms with Gasteiger partial charge in [0.2, 0.25) is 0 Å². The predicted molar refractivity (Wildman–Crippen MR) is 56.3 cm³/mol. The van der Waals surface area contributed by atoms with E-state index < -0.39 is 0 Å². The van der Waals surface area contributed by atoms with Gasteiger partial charge in [-0.2, -0.15) is 0 Å². The number of rotatable bonds is 2. The van der Waals surface area contributed by atoms with Gasteiger partial charge in [-0.05, 0) is 33.7 Å². The van der Waals surface area contributed by atoms with Crippen molar-refractivity contribution in [2.75, 3.05) is 5.75 Å². The Labute approximate surface area is 85.1 Å². The smallest absolute Gasteiger partial charge is 0.126 e. The Kier molecular flexibility index (Phi) is 3.64. The van der Waals surface area contributed by atoms with Crippen molar-refractivity contribution in [3.8, 4) is 12.3 Å². The summed E-state index contributed by atoms with van der Waals surface area (Å²) in [5, 5.41) is 0. The van der Waals surface area contributed by atoms with Gasteiger partial charge in [0.15, 0.2) is 0 Å². The quantitative estimate of drug-likeness (QED) is 0.584. The molecule has 0 bridgehead atoms. The maximum Gasteiger partial charge on any atom is 0.126 e. The van der Waals surface area contributed by atoms with Crippen molar-refractivity contribution in [2.24, 2.45) is 0 Å². The molecule has 0 saturated heterocycles. The van der Waals surface area contributed by atoms with Gasteiger partial charge in [-0.25, -0.2) is 4.98 Å². The highest BCUT2D eigenvalue weighted by Gasteiger charge is 2.01. The van der Waals surface area contributed by atoms with Gasteiger partial charge >= 0.3 is 0 Å². The van der Waals surface area contributed by atoms with Crippen LogP contribution in [0, 0.1) is 12.3 Å². The van der Waals surface area contributed by atoms with Crippen molar-refractivity contribution in [1.82, 2.24) is 4.98 Å². The minimum atomic E-state index is 0.727. The minimum Gasteiger partial charge on any atom is -0.245 e. The molecule has 0 amide bonds. The predicted octanol–water partition coefficient (Wildman–Crippen LogP) is 2.94. The summed E-state index contributed by atoms with van der Waals surface area (Å²) >= 11 is 5.06. The molecule has 62 valence electrons. The third-order valence-electron chi connectivity index (χ3n) is 1.26. The van der Waals surface area contributed by atoms with Crippen LogP contribution in [0.2, 0.25) is 0 Å². The van der Waals surface area contributed by atoms with Gasteiger partial charge in [0, 0.05) is 15.6 Å². The van der Waals surface area contributed by atoms with Gasteiger partial charge in [0.25, 0.3) is 0 Å². The first-order chi connectivity index (χ1) is 5.77. The van der Waals surface area contributed by atoms with Crippen LogP contribution in [-0.2, 0) is 0 Å². The molecule has 1 aromatic rings. The summed E-state index contributed by atoms with van der Waals surface area (Å²) < 4.78 is 0.970. The molecular formula is C9H8BrNS. The number of pyridine rings is 1. The first kappa shape index (κ1) is 9.63. The molecule has 0 saturated carbocycles. The number of nitrogens with zero attached hydrogens (tertiary/aromatic N) is 1. The van der Waals surface area contributed by atoms with Gasteiger partial charge in [-0.3, -0.25) is 0 Å². The second-order valence-corrected chi connectivity index (χ2v) is 4.30.